The van der Waals surface area contributed by atoms with Gasteiger partial charge in [-0.05, 0) is 60.7 Å². The van der Waals surface area contributed by atoms with Crippen molar-refractivity contribution in [3.63, 3.8) is 0 Å². The van der Waals surface area contributed by atoms with E-state index in [0.717, 1.165) is 29.0 Å². The van der Waals surface area contributed by atoms with Gasteiger partial charge in [-0.2, -0.15) is 0 Å². The highest BCUT2D eigenvalue weighted by molar-refractivity contribution is 7.92. The van der Waals surface area contributed by atoms with Crippen LogP contribution in [0.2, 0.25) is 0 Å². The van der Waals surface area contributed by atoms with E-state index < -0.39 is 10.0 Å². The number of nitrogens with zero attached hydrogens (tertiary/aromatic N) is 1. The van der Waals surface area contributed by atoms with Crippen molar-refractivity contribution in [1.82, 2.24) is 5.32 Å². The smallest absolute Gasteiger partial charge is 0.241 e. The summed E-state index contributed by atoms with van der Waals surface area (Å²) in [5.74, 6) is 0.297. The Bertz CT molecular complexity index is 924. The second-order valence-corrected chi connectivity index (χ2v) is 8.69. The fourth-order valence-electron chi connectivity index (χ4n) is 3.06. The van der Waals surface area contributed by atoms with Crippen LogP contribution in [0.4, 0.5) is 5.69 Å². The van der Waals surface area contributed by atoms with Crippen LogP contribution in [0, 0.1) is 0 Å². The maximum atomic E-state index is 12.5. The Hall–Kier alpha value is -2.54. The van der Waals surface area contributed by atoms with Crippen LogP contribution in [0.1, 0.15) is 37.5 Å². The Morgan fingerprint density at radius 2 is 1.69 bits per heavy atom. The molecule has 0 aliphatic rings. The van der Waals surface area contributed by atoms with Gasteiger partial charge in [-0.15, -0.1) is 0 Å². The predicted molar refractivity (Wildman–Crippen MR) is 117 cm³/mol. The highest BCUT2D eigenvalue weighted by Gasteiger charge is 2.21. The van der Waals surface area contributed by atoms with Crippen molar-refractivity contribution in [2.75, 3.05) is 23.7 Å². The fraction of sp³-hybridized carbons (Fsp3) is 0.409. The summed E-state index contributed by atoms with van der Waals surface area (Å²) in [5.41, 5.74) is 3.87. The van der Waals surface area contributed by atoms with E-state index in [1.54, 1.807) is 24.3 Å². The molecule has 0 atom stereocenters. The summed E-state index contributed by atoms with van der Waals surface area (Å²) in [7, 11) is -3.61. The molecule has 0 aliphatic heterocycles. The van der Waals surface area contributed by atoms with Gasteiger partial charge in [0.05, 0.1) is 18.6 Å². The lowest BCUT2D eigenvalue weighted by molar-refractivity contribution is -0.119. The molecule has 2 aromatic rings. The highest BCUT2D eigenvalue weighted by Crippen LogP contribution is 2.21. The second kappa shape index (κ2) is 10.3. The molecule has 0 saturated carbocycles. The molecule has 0 heterocycles. The molecular formula is C22H30N2O4S. The van der Waals surface area contributed by atoms with Gasteiger partial charge in [-0.25, -0.2) is 8.42 Å². The molecule has 0 aliphatic carbocycles. The number of carbonyl (C=O) groups is 1. The fourth-order valence-corrected chi connectivity index (χ4v) is 3.92. The third kappa shape index (κ3) is 6.49. The number of hydrogen-bond acceptors (Lipinski definition) is 4. The molecule has 0 bridgehead atoms. The number of sulfonamides is 1. The minimum absolute atomic E-state index is 0.276. The number of benzene rings is 2. The van der Waals surface area contributed by atoms with Crippen LogP contribution < -0.4 is 14.4 Å². The largest absolute Gasteiger partial charge is 0.494 e. The Labute approximate surface area is 173 Å². The molecular weight excluding hydrogens is 388 g/mol. The van der Waals surface area contributed by atoms with Crippen LogP contribution in [-0.4, -0.2) is 33.7 Å². The van der Waals surface area contributed by atoms with Crippen LogP contribution in [0.15, 0.2) is 42.5 Å². The number of nitrogens with one attached hydrogen (secondary N) is 1. The zero-order valence-corrected chi connectivity index (χ0v) is 18.4. The third-order valence-corrected chi connectivity index (χ3v) is 5.80. The lowest BCUT2D eigenvalue weighted by atomic mass is 10.0. The first-order valence-electron chi connectivity index (χ1n) is 9.86. The number of hydrogen-bond donors (Lipinski definition) is 1. The van der Waals surface area contributed by atoms with Crippen LogP contribution in [0.25, 0.3) is 0 Å². The summed E-state index contributed by atoms with van der Waals surface area (Å²) in [5, 5.41) is 2.86. The first-order valence-corrected chi connectivity index (χ1v) is 11.7. The van der Waals surface area contributed by atoms with Gasteiger partial charge >= 0.3 is 0 Å². The number of anilines is 1. The monoisotopic (exact) mass is 418 g/mol. The van der Waals surface area contributed by atoms with Gasteiger partial charge in [0.2, 0.25) is 15.9 Å². The van der Waals surface area contributed by atoms with Crippen molar-refractivity contribution < 1.29 is 17.9 Å². The lowest BCUT2D eigenvalue weighted by Gasteiger charge is -2.22. The zero-order valence-electron chi connectivity index (χ0n) is 17.6. The first kappa shape index (κ1) is 22.7. The standard InChI is InChI=1S/C22H30N2O4S/c1-5-17-8-9-18(6-2)19(14-17)15-23-22(25)16-24(29(4,26)27)20-10-12-21(13-11-20)28-7-3/h8-14H,5-7,15-16H2,1-4H3,(H,23,25). The van der Waals surface area contributed by atoms with Gasteiger partial charge in [-0.1, -0.05) is 32.0 Å². The molecule has 0 spiro atoms. The van der Waals surface area contributed by atoms with Crippen LogP contribution in [-0.2, 0) is 34.2 Å². The van der Waals surface area contributed by atoms with Gasteiger partial charge in [0.1, 0.15) is 12.3 Å². The van der Waals surface area contributed by atoms with Gasteiger partial charge in [0, 0.05) is 6.54 Å². The normalized spacial score (nSPS) is 11.2. The minimum Gasteiger partial charge on any atom is -0.494 e. The topological polar surface area (TPSA) is 75.7 Å². The van der Waals surface area contributed by atoms with Crippen LogP contribution >= 0.6 is 0 Å². The van der Waals surface area contributed by atoms with Crippen molar-refractivity contribution in [2.45, 2.75) is 40.2 Å². The molecule has 1 amide bonds. The second-order valence-electron chi connectivity index (χ2n) is 6.78. The molecule has 7 heteroatoms. The molecule has 158 valence electrons. The van der Waals surface area contributed by atoms with Crippen LogP contribution in [0.3, 0.4) is 0 Å². The number of carbonyl (C=O) groups excluding carboxylic acids is 1. The van der Waals surface area contributed by atoms with E-state index >= 15 is 0 Å². The highest BCUT2D eigenvalue weighted by atomic mass is 32.2. The van der Waals surface area contributed by atoms with Crippen molar-refractivity contribution in [3.05, 3.63) is 59.2 Å². The van der Waals surface area contributed by atoms with Gasteiger partial charge < -0.3 is 10.1 Å². The van der Waals surface area contributed by atoms with E-state index in [2.05, 4.69) is 37.4 Å². The molecule has 0 unspecified atom stereocenters. The van der Waals surface area contributed by atoms with Crippen LogP contribution in [0.5, 0.6) is 5.75 Å². The average molecular weight is 419 g/mol. The van der Waals surface area contributed by atoms with Gasteiger partial charge in [-0.3, -0.25) is 9.10 Å². The van der Waals surface area contributed by atoms with E-state index in [9.17, 15) is 13.2 Å². The number of aryl methyl sites for hydroxylation is 2. The quantitative estimate of drug-likeness (QED) is 0.642. The van der Waals surface area contributed by atoms with Crippen molar-refractivity contribution >= 4 is 21.6 Å². The Morgan fingerprint density at radius 3 is 2.24 bits per heavy atom. The maximum absolute atomic E-state index is 12.5. The number of ether oxygens (including phenoxy) is 1. The molecule has 1 N–H and O–H groups in total. The summed E-state index contributed by atoms with van der Waals surface area (Å²) in [6, 6.07) is 12.9. The number of amides is 1. The molecule has 29 heavy (non-hydrogen) atoms. The van der Waals surface area contributed by atoms with Crippen molar-refractivity contribution in [3.8, 4) is 5.75 Å². The van der Waals surface area contributed by atoms with E-state index in [1.165, 1.54) is 11.1 Å². The molecule has 0 aromatic heterocycles. The van der Waals surface area contributed by atoms with E-state index in [1.807, 2.05) is 6.92 Å². The molecule has 2 aromatic carbocycles. The Balaban J connectivity index is 2.11. The van der Waals surface area contributed by atoms with E-state index in [0.29, 0.717) is 24.6 Å². The Kier molecular flexibility index (Phi) is 8.08. The molecule has 0 saturated heterocycles. The van der Waals surface area contributed by atoms with Crippen molar-refractivity contribution in [1.29, 1.82) is 0 Å². The van der Waals surface area contributed by atoms with Gasteiger partial charge in [0.15, 0.2) is 0 Å². The summed E-state index contributed by atoms with van der Waals surface area (Å²) in [4.78, 5) is 12.5. The first-order chi connectivity index (χ1) is 13.8. The molecule has 2 rings (SSSR count). The molecule has 6 nitrogen and oxygen atoms in total. The minimum atomic E-state index is -3.61. The summed E-state index contributed by atoms with van der Waals surface area (Å²) in [6.45, 7) is 6.66. The molecule has 0 fully saturated rings. The van der Waals surface area contributed by atoms with E-state index in [-0.39, 0.29) is 12.5 Å². The maximum Gasteiger partial charge on any atom is 0.241 e. The average Bonchev–Trinajstić information content (AvgIpc) is 2.70. The van der Waals surface area contributed by atoms with Crippen molar-refractivity contribution in [2.24, 2.45) is 0 Å². The third-order valence-electron chi connectivity index (χ3n) is 4.66. The lowest BCUT2D eigenvalue weighted by Crippen LogP contribution is -2.40. The summed E-state index contributed by atoms with van der Waals surface area (Å²) in [6.07, 6.45) is 2.89. The van der Waals surface area contributed by atoms with E-state index in [4.69, 9.17) is 4.74 Å². The molecule has 0 radical (unpaired) electrons. The van der Waals surface area contributed by atoms with Gasteiger partial charge in [0.25, 0.3) is 0 Å². The summed E-state index contributed by atoms with van der Waals surface area (Å²) >= 11 is 0. The summed E-state index contributed by atoms with van der Waals surface area (Å²) < 4.78 is 31.0. The zero-order chi connectivity index (χ0) is 21.4. The predicted octanol–water partition coefficient (Wildman–Crippen LogP) is 3.29. The SMILES string of the molecule is CCOc1ccc(N(CC(=O)NCc2cc(CC)ccc2CC)S(C)(=O)=O)cc1. The number of rotatable bonds is 10. The Morgan fingerprint density at radius 1 is 1.00 bits per heavy atom.